The number of nitrogens with zero attached hydrogens (tertiary/aromatic N) is 1. The number of para-hydroxylation sites is 1. The van der Waals surface area contributed by atoms with E-state index in [1.165, 1.54) is 0 Å². The molecule has 3 heteroatoms. The fourth-order valence-corrected chi connectivity index (χ4v) is 2.53. The summed E-state index contributed by atoms with van der Waals surface area (Å²) < 4.78 is 0. The number of fused-ring (bicyclic) bond motifs is 1. The van der Waals surface area contributed by atoms with Gasteiger partial charge in [0.1, 0.15) is 11.5 Å². The summed E-state index contributed by atoms with van der Waals surface area (Å²) in [7, 11) is 0. The Morgan fingerprint density at radius 2 is 1.59 bits per heavy atom. The molecule has 1 atom stereocenters. The average Bonchev–Trinajstić information content (AvgIpc) is 2.54. The van der Waals surface area contributed by atoms with Crippen LogP contribution in [0.3, 0.4) is 0 Å². The molecule has 0 fully saturated rings. The average molecular weight is 291 g/mol. The summed E-state index contributed by atoms with van der Waals surface area (Å²) >= 11 is 0. The molecule has 3 rings (SSSR count). The van der Waals surface area contributed by atoms with Crippen LogP contribution in [-0.2, 0) is 0 Å². The minimum absolute atomic E-state index is 0.195. The third kappa shape index (κ3) is 2.66. The number of phenolic OH excluding ortho intramolecular Hbond substituents is 2. The van der Waals surface area contributed by atoms with Crippen LogP contribution in [0.5, 0.6) is 11.5 Å². The van der Waals surface area contributed by atoms with Crippen LogP contribution in [0, 0.1) is 0 Å². The Labute approximate surface area is 129 Å². The van der Waals surface area contributed by atoms with Gasteiger partial charge in [-0.2, -0.15) is 0 Å². The molecule has 0 radical (unpaired) electrons. The summed E-state index contributed by atoms with van der Waals surface area (Å²) in [5.41, 5.74) is 1.46. The zero-order valence-corrected chi connectivity index (χ0v) is 12.3. The Bertz CT molecular complexity index is 840. The monoisotopic (exact) mass is 291 g/mol. The van der Waals surface area contributed by atoms with Crippen LogP contribution in [0.1, 0.15) is 24.1 Å². The molecule has 0 aliphatic heterocycles. The quantitative estimate of drug-likeness (QED) is 0.701. The highest BCUT2D eigenvalue weighted by Gasteiger charge is 2.09. The number of aromatic hydroxyl groups is 2. The summed E-state index contributed by atoms with van der Waals surface area (Å²) in [6.07, 6.45) is 1.68. The van der Waals surface area contributed by atoms with E-state index in [9.17, 15) is 10.2 Å². The minimum atomic E-state index is -0.195. The van der Waals surface area contributed by atoms with Crippen molar-refractivity contribution in [1.82, 2.24) is 0 Å². The van der Waals surface area contributed by atoms with Crippen molar-refractivity contribution in [2.24, 2.45) is 4.99 Å². The van der Waals surface area contributed by atoms with E-state index in [1.54, 1.807) is 24.4 Å². The third-order valence-corrected chi connectivity index (χ3v) is 3.76. The van der Waals surface area contributed by atoms with Crippen LogP contribution in [0.15, 0.2) is 65.7 Å². The highest BCUT2D eigenvalue weighted by molar-refractivity contribution is 6.02. The Balaban J connectivity index is 1.99. The topological polar surface area (TPSA) is 52.8 Å². The minimum Gasteiger partial charge on any atom is -0.508 e. The first kappa shape index (κ1) is 14.1. The van der Waals surface area contributed by atoms with Crippen molar-refractivity contribution in [2.45, 2.75) is 13.0 Å². The van der Waals surface area contributed by atoms with Crippen LogP contribution < -0.4 is 0 Å². The smallest absolute Gasteiger partial charge is 0.124 e. The number of hydrogen-bond acceptors (Lipinski definition) is 3. The number of aliphatic imine (C=N–C) groups is 1. The van der Waals surface area contributed by atoms with Gasteiger partial charge in [0.2, 0.25) is 0 Å². The van der Waals surface area contributed by atoms with Crippen molar-refractivity contribution >= 4 is 17.0 Å². The molecule has 3 aromatic rings. The predicted octanol–water partition coefficient (Wildman–Crippen LogP) is 4.43. The molecule has 0 aliphatic carbocycles. The van der Waals surface area contributed by atoms with Gasteiger partial charge < -0.3 is 10.2 Å². The van der Waals surface area contributed by atoms with Gasteiger partial charge in [0.15, 0.2) is 0 Å². The lowest BCUT2D eigenvalue weighted by Gasteiger charge is -2.09. The van der Waals surface area contributed by atoms with Crippen LogP contribution in [0.4, 0.5) is 0 Å². The van der Waals surface area contributed by atoms with Crippen LogP contribution in [-0.4, -0.2) is 16.4 Å². The second-order valence-electron chi connectivity index (χ2n) is 5.23. The van der Waals surface area contributed by atoms with Crippen molar-refractivity contribution in [3.63, 3.8) is 0 Å². The molecular formula is C19H17NO2. The van der Waals surface area contributed by atoms with E-state index in [0.29, 0.717) is 5.56 Å². The van der Waals surface area contributed by atoms with Gasteiger partial charge in [-0.05, 0) is 29.8 Å². The van der Waals surface area contributed by atoms with Crippen molar-refractivity contribution in [3.05, 3.63) is 71.8 Å². The summed E-state index contributed by atoms with van der Waals surface area (Å²) in [6, 6.07) is 18.4. The molecule has 22 heavy (non-hydrogen) atoms. The molecule has 0 heterocycles. The lowest BCUT2D eigenvalue weighted by molar-refractivity contribution is 0.464. The van der Waals surface area contributed by atoms with E-state index in [2.05, 4.69) is 4.99 Å². The maximum atomic E-state index is 10.1. The molecule has 1 unspecified atom stereocenters. The number of benzene rings is 3. The van der Waals surface area contributed by atoms with Gasteiger partial charge in [0, 0.05) is 17.3 Å². The number of phenols is 2. The number of hydrogen-bond donors (Lipinski definition) is 2. The van der Waals surface area contributed by atoms with E-state index in [0.717, 1.165) is 16.3 Å². The summed E-state index contributed by atoms with van der Waals surface area (Å²) in [6.45, 7) is 1.91. The molecule has 0 aliphatic rings. The molecule has 0 aromatic heterocycles. The SMILES string of the molecule is CC(N=Cc1c(O)ccc2ccccc12)c1ccccc1O. The highest BCUT2D eigenvalue weighted by Crippen LogP contribution is 2.28. The van der Waals surface area contributed by atoms with Crippen LogP contribution in [0.25, 0.3) is 10.8 Å². The second kappa shape index (κ2) is 5.90. The van der Waals surface area contributed by atoms with Gasteiger partial charge in [0.05, 0.1) is 6.04 Å². The Hall–Kier alpha value is -2.81. The first-order valence-electron chi connectivity index (χ1n) is 7.18. The van der Waals surface area contributed by atoms with E-state index >= 15 is 0 Å². The fraction of sp³-hybridized carbons (Fsp3) is 0.105. The van der Waals surface area contributed by atoms with Gasteiger partial charge in [-0.1, -0.05) is 48.5 Å². The summed E-state index contributed by atoms with van der Waals surface area (Å²) in [5, 5.41) is 22.0. The number of rotatable bonds is 3. The molecule has 0 saturated heterocycles. The molecule has 0 amide bonds. The fourth-order valence-electron chi connectivity index (χ4n) is 2.53. The predicted molar refractivity (Wildman–Crippen MR) is 89.7 cm³/mol. The van der Waals surface area contributed by atoms with Crippen LogP contribution >= 0.6 is 0 Å². The maximum Gasteiger partial charge on any atom is 0.124 e. The van der Waals surface area contributed by atoms with Crippen LogP contribution in [0.2, 0.25) is 0 Å². The Morgan fingerprint density at radius 1 is 0.864 bits per heavy atom. The molecular weight excluding hydrogens is 274 g/mol. The molecule has 3 aromatic carbocycles. The normalized spacial score (nSPS) is 12.8. The Morgan fingerprint density at radius 3 is 2.41 bits per heavy atom. The van der Waals surface area contributed by atoms with Gasteiger partial charge in [0.25, 0.3) is 0 Å². The molecule has 3 nitrogen and oxygen atoms in total. The molecule has 2 N–H and O–H groups in total. The molecule has 0 saturated carbocycles. The standard InChI is InChI=1S/C19H17NO2/c1-13(15-7-4-5-9-18(15)21)20-12-17-16-8-3-2-6-14(16)10-11-19(17)22/h2-13,21-22H,1H3. The Kier molecular flexibility index (Phi) is 3.79. The third-order valence-electron chi connectivity index (χ3n) is 3.76. The van der Waals surface area contributed by atoms with E-state index in [1.807, 2.05) is 49.4 Å². The zero-order valence-electron chi connectivity index (χ0n) is 12.3. The maximum absolute atomic E-state index is 10.1. The van der Waals surface area contributed by atoms with Crippen molar-refractivity contribution in [3.8, 4) is 11.5 Å². The van der Waals surface area contributed by atoms with Gasteiger partial charge in [-0.25, -0.2) is 0 Å². The first-order chi connectivity index (χ1) is 10.7. The molecule has 110 valence electrons. The second-order valence-corrected chi connectivity index (χ2v) is 5.23. The van der Waals surface area contributed by atoms with Crippen molar-refractivity contribution in [2.75, 3.05) is 0 Å². The lowest BCUT2D eigenvalue weighted by Crippen LogP contribution is -1.93. The lowest BCUT2D eigenvalue weighted by atomic mass is 10.0. The van der Waals surface area contributed by atoms with E-state index < -0.39 is 0 Å². The van der Waals surface area contributed by atoms with Crippen molar-refractivity contribution < 1.29 is 10.2 Å². The summed E-state index contributed by atoms with van der Waals surface area (Å²) in [5.74, 6) is 0.432. The first-order valence-corrected chi connectivity index (χ1v) is 7.18. The summed E-state index contributed by atoms with van der Waals surface area (Å²) in [4.78, 5) is 4.49. The van der Waals surface area contributed by atoms with Gasteiger partial charge in [-0.15, -0.1) is 0 Å². The van der Waals surface area contributed by atoms with Gasteiger partial charge in [-0.3, -0.25) is 4.99 Å². The largest absolute Gasteiger partial charge is 0.508 e. The zero-order chi connectivity index (χ0) is 15.5. The highest BCUT2D eigenvalue weighted by atomic mass is 16.3. The van der Waals surface area contributed by atoms with E-state index in [-0.39, 0.29) is 17.5 Å². The van der Waals surface area contributed by atoms with Crippen molar-refractivity contribution in [1.29, 1.82) is 0 Å². The molecule has 0 bridgehead atoms. The molecule has 0 spiro atoms. The van der Waals surface area contributed by atoms with E-state index in [4.69, 9.17) is 0 Å². The van der Waals surface area contributed by atoms with Gasteiger partial charge >= 0.3 is 0 Å².